The van der Waals surface area contributed by atoms with Crippen LogP contribution in [0.25, 0.3) is 0 Å². The third-order valence-corrected chi connectivity index (χ3v) is 11.4. The summed E-state index contributed by atoms with van der Waals surface area (Å²) in [4.78, 5) is 57.8. The number of hydrogen-bond donors (Lipinski definition) is 2. The maximum atomic E-state index is 15.5. The Hall–Kier alpha value is -4.20. The molecule has 0 aromatic heterocycles. The van der Waals surface area contributed by atoms with E-state index in [1.54, 1.807) is 32.9 Å². The first kappa shape index (κ1) is 41.0. The summed E-state index contributed by atoms with van der Waals surface area (Å²) in [6.45, 7) is 7.14. The highest BCUT2D eigenvalue weighted by Gasteiger charge is 2.65. The molecule has 3 unspecified atom stereocenters. The third-order valence-electron chi connectivity index (χ3n) is 10.3. The molecule has 3 aromatic carbocycles. The highest BCUT2D eigenvalue weighted by Crippen LogP contribution is 2.61. The van der Waals surface area contributed by atoms with Crippen LogP contribution in [0.1, 0.15) is 99.9 Å². The van der Waals surface area contributed by atoms with Crippen molar-refractivity contribution < 1.29 is 41.5 Å². The lowest BCUT2D eigenvalue weighted by Gasteiger charge is -2.47. The molecule has 290 valence electrons. The molecule has 3 aromatic rings. The van der Waals surface area contributed by atoms with E-state index in [1.807, 2.05) is 4.72 Å². The largest absolute Gasteiger partial charge is 0.477 e. The number of nitrogens with one attached hydrogen (secondary N) is 2. The predicted octanol–water partition coefficient (Wildman–Crippen LogP) is 7.80. The highest BCUT2D eigenvalue weighted by molar-refractivity contribution is 7.89. The van der Waals surface area contributed by atoms with E-state index in [0.717, 1.165) is 30.4 Å². The number of aryl methyl sites for hydroxylation is 1. The van der Waals surface area contributed by atoms with Crippen LogP contribution in [-0.2, 0) is 34.6 Å². The summed E-state index contributed by atoms with van der Waals surface area (Å²) in [5, 5.41) is 3.36. The molecule has 15 heteroatoms. The van der Waals surface area contributed by atoms with Gasteiger partial charge in [-0.25, -0.2) is 27.2 Å². The molecular weight excluding hydrogens is 760 g/mol. The molecule has 2 N–H and O–H groups in total. The van der Waals surface area contributed by atoms with E-state index in [1.165, 1.54) is 42.5 Å². The highest BCUT2D eigenvalue weighted by atomic mass is 35.5. The number of rotatable bonds is 13. The zero-order valence-electron chi connectivity index (χ0n) is 30.8. The Balaban J connectivity index is 1.78. The van der Waals surface area contributed by atoms with Crippen LogP contribution < -0.4 is 19.7 Å². The molecule has 0 aliphatic carbocycles. The number of carbonyl (C=O) groups excluding carboxylic acids is 4. The number of sulfonamides is 1. The molecule has 2 heterocycles. The molecule has 2 aliphatic heterocycles. The Morgan fingerprint density at radius 2 is 1.67 bits per heavy atom. The second kappa shape index (κ2) is 16.3. The summed E-state index contributed by atoms with van der Waals surface area (Å²) in [5.41, 5.74) is -2.10. The van der Waals surface area contributed by atoms with E-state index in [-0.39, 0.29) is 58.5 Å². The van der Waals surface area contributed by atoms with E-state index in [9.17, 15) is 22.8 Å². The zero-order chi connectivity index (χ0) is 39.6. The van der Waals surface area contributed by atoms with Gasteiger partial charge in [-0.15, -0.1) is 0 Å². The molecule has 0 saturated carbocycles. The Labute approximate surface area is 324 Å². The van der Waals surface area contributed by atoms with Gasteiger partial charge in [-0.05, 0) is 85.3 Å². The topological polar surface area (TPSA) is 148 Å². The average Bonchev–Trinajstić information content (AvgIpc) is 3.35. The fourth-order valence-corrected chi connectivity index (χ4v) is 8.47. The Morgan fingerprint density at radius 1 is 0.981 bits per heavy atom. The number of unbranched alkanes of at least 4 members (excludes halogenated alkanes) is 3. The van der Waals surface area contributed by atoms with E-state index in [4.69, 9.17) is 32.7 Å². The fraction of sp³-hybridized carbons (Fsp3) is 0.436. The van der Waals surface area contributed by atoms with Gasteiger partial charge in [0, 0.05) is 27.9 Å². The molecule has 0 radical (unpaired) electrons. The number of amides is 4. The molecule has 3 atom stereocenters. The van der Waals surface area contributed by atoms with Crippen molar-refractivity contribution in [3.05, 3.63) is 92.7 Å². The van der Waals surface area contributed by atoms with Crippen LogP contribution in [0, 0.1) is 12.7 Å². The molecule has 5 rings (SSSR count). The normalized spacial score (nSPS) is 19.7. The maximum Gasteiger partial charge on any atom is 0.421 e. The minimum atomic E-state index is -3.99. The van der Waals surface area contributed by atoms with Crippen molar-refractivity contribution in [2.75, 3.05) is 17.8 Å². The van der Waals surface area contributed by atoms with Crippen molar-refractivity contribution in [3.63, 3.8) is 0 Å². The van der Waals surface area contributed by atoms with E-state index < -0.39 is 62.6 Å². The summed E-state index contributed by atoms with van der Waals surface area (Å²) in [7, 11) is -3.99. The molecular formula is C39H44Cl2FN3O8S. The van der Waals surface area contributed by atoms with Gasteiger partial charge in [0.05, 0.1) is 24.6 Å². The summed E-state index contributed by atoms with van der Waals surface area (Å²) >= 11 is 13.1. The first-order valence-electron chi connectivity index (χ1n) is 17.9. The minimum absolute atomic E-state index is 0.0342. The lowest BCUT2D eigenvalue weighted by molar-refractivity contribution is -0.136. The monoisotopic (exact) mass is 803 g/mol. The Morgan fingerprint density at radius 3 is 2.33 bits per heavy atom. The van der Waals surface area contributed by atoms with Crippen molar-refractivity contribution in [3.8, 4) is 5.75 Å². The van der Waals surface area contributed by atoms with Crippen LogP contribution in [0.4, 0.5) is 14.9 Å². The molecule has 1 spiro atoms. The first-order valence-corrected chi connectivity index (χ1v) is 20.5. The maximum absolute atomic E-state index is 15.5. The number of halogens is 3. The number of fused-ring (bicyclic) bond motifs is 2. The van der Waals surface area contributed by atoms with Crippen LogP contribution in [0.15, 0.2) is 54.6 Å². The van der Waals surface area contributed by atoms with Crippen LogP contribution in [0.3, 0.4) is 0 Å². The minimum Gasteiger partial charge on any atom is -0.477 e. The third kappa shape index (κ3) is 7.81. The summed E-state index contributed by atoms with van der Waals surface area (Å²) < 4.78 is 53.7. The number of piperidine rings is 1. The van der Waals surface area contributed by atoms with Crippen LogP contribution >= 0.6 is 23.2 Å². The van der Waals surface area contributed by atoms with Gasteiger partial charge in [0.2, 0.25) is 21.8 Å². The van der Waals surface area contributed by atoms with Gasteiger partial charge in [0.15, 0.2) is 5.60 Å². The second-order valence-electron chi connectivity index (χ2n) is 13.8. The number of ether oxygens (including phenoxy) is 2. The number of anilines is 1. The summed E-state index contributed by atoms with van der Waals surface area (Å²) in [5.74, 6) is -3.92. The SMILES string of the molecule is CCCCCCOC(=O)N1C(=O)C2(c3ccc(Cl)cc31)C(c1cc(Cl)ccc1OC(CC)(CC)C(=O)NS(C)(=O)=O)CC(=O)NC2c1cc(F)ccc1C. The van der Waals surface area contributed by atoms with Crippen LogP contribution in [0.5, 0.6) is 5.75 Å². The van der Waals surface area contributed by atoms with Crippen molar-refractivity contribution in [1.29, 1.82) is 0 Å². The standard InChI is InChI=1S/C39H44Cl2FN3O8S/c1-6-9-10-11-18-52-37(49)45-31-20-25(41)13-16-29(31)39(36(45)48)30(22-33(46)43-34(39)27-21-26(42)15-12-23(27)4)28-19-24(40)14-17-32(28)53-38(7-2,8-3)35(47)44-54(5,50)51/h12-17,19-21,30,34H,6-11,18,22H2,1-5H3,(H,43,46)(H,44,47). The van der Waals surface area contributed by atoms with E-state index in [2.05, 4.69) is 12.2 Å². The quantitative estimate of drug-likeness (QED) is 0.166. The molecule has 1 fully saturated rings. The van der Waals surface area contributed by atoms with Gasteiger partial charge in [0.1, 0.15) is 17.0 Å². The Kier molecular flexibility index (Phi) is 12.3. The van der Waals surface area contributed by atoms with Crippen LogP contribution in [0.2, 0.25) is 10.0 Å². The fourth-order valence-electron chi connectivity index (χ4n) is 7.60. The second-order valence-corrected chi connectivity index (χ2v) is 16.4. The smallest absolute Gasteiger partial charge is 0.421 e. The van der Waals surface area contributed by atoms with Gasteiger partial charge >= 0.3 is 6.09 Å². The van der Waals surface area contributed by atoms with Crippen molar-refractivity contribution in [1.82, 2.24) is 10.0 Å². The van der Waals surface area contributed by atoms with Gasteiger partial charge < -0.3 is 14.8 Å². The Bertz CT molecular complexity index is 2080. The molecule has 1 saturated heterocycles. The molecule has 0 bridgehead atoms. The van der Waals surface area contributed by atoms with Gasteiger partial charge in [0.25, 0.3) is 5.91 Å². The summed E-state index contributed by atoms with van der Waals surface area (Å²) in [6, 6.07) is 11.9. The van der Waals surface area contributed by atoms with Gasteiger partial charge in [-0.2, -0.15) is 0 Å². The van der Waals surface area contributed by atoms with Crippen molar-refractivity contribution in [2.45, 2.75) is 95.6 Å². The predicted molar refractivity (Wildman–Crippen MR) is 204 cm³/mol. The molecule has 2 aliphatic rings. The van der Waals surface area contributed by atoms with Crippen molar-refractivity contribution in [2.24, 2.45) is 0 Å². The number of imide groups is 1. The lowest BCUT2D eigenvalue weighted by Crippen LogP contribution is -2.59. The number of carbonyl (C=O) groups is 4. The number of nitrogens with zero attached hydrogens (tertiary/aromatic N) is 1. The number of hydrogen-bond acceptors (Lipinski definition) is 8. The molecule has 4 amide bonds. The van der Waals surface area contributed by atoms with E-state index in [0.29, 0.717) is 17.5 Å². The zero-order valence-corrected chi connectivity index (χ0v) is 33.1. The molecule has 11 nitrogen and oxygen atoms in total. The number of benzene rings is 3. The molecule has 54 heavy (non-hydrogen) atoms. The first-order chi connectivity index (χ1) is 25.5. The van der Waals surface area contributed by atoms with Crippen LogP contribution in [-0.4, -0.2) is 50.7 Å². The van der Waals surface area contributed by atoms with E-state index >= 15 is 9.18 Å². The van der Waals surface area contributed by atoms with Crippen molar-refractivity contribution >= 4 is 62.7 Å². The average molecular weight is 805 g/mol. The van der Waals surface area contributed by atoms with Gasteiger partial charge in [-0.3, -0.25) is 14.4 Å². The lowest BCUT2D eigenvalue weighted by atomic mass is 9.58. The van der Waals surface area contributed by atoms with Gasteiger partial charge in [-0.1, -0.05) is 75.4 Å². The summed E-state index contributed by atoms with van der Waals surface area (Å²) in [6.07, 6.45) is 2.94.